The highest BCUT2D eigenvalue weighted by Crippen LogP contribution is 2.38. The van der Waals surface area contributed by atoms with E-state index < -0.39 is 42.4 Å². The van der Waals surface area contributed by atoms with E-state index >= 15 is 0 Å². The zero-order chi connectivity index (χ0) is 26.4. The fraction of sp³-hybridized carbons (Fsp3) is 0.286. The van der Waals surface area contributed by atoms with E-state index in [1.807, 2.05) is 13.0 Å². The van der Waals surface area contributed by atoms with E-state index in [9.17, 15) is 19.6 Å². The summed E-state index contributed by atoms with van der Waals surface area (Å²) in [6.07, 6.45) is -1.92. The van der Waals surface area contributed by atoms with Crippen molar-refractivity contribution in [2.45, 2.75) is 44.8 Å². The lowest BCUT2D eigenvalue weighted by molar-refractivity contribution is -0.0516. The molecule has 1 fully saturated rings. The number of benzene rings is 2. The first-order valence-corrected chi connectivity index (χ1v) is 11.9. The quantitative estimate of drug-likeness (QED) is 0.331. The first-order valence-electron chi connectivity index (χ1n) is 11.9. The van der Waals surface area contributed by atoms with Gasteiger partial charge in [0.25, 0.3) is 0 Å². The average molecular weight is 503 g/mol. The molecule has 4 unspecified atom stereocenters. The molecule has 0 bridgehead atoms. The van der Waals surface area contributed by atoms with Gasteiger partial charge in [0, 0.05) is 6.20 Å². The Bertz CT molecular complexity index is 1300. The van der Waals surface area contributed by atoms with E-state index in [1.54, 1.807) is 67.6 Å². The molecule has 0 radical (unpaired) electrons. The van der Waals surface area contributed by atoms with Crippen molar-refractivity contribution in [3.63, 3.8) is 0 Å². The van der Waals surface area contributed by atoms with Gasteiger partial charge in [0.05, 0.1) is 23.3 Å². The Morgan fingerprint density at radius 3 is 1.95 bits per heavy atom. The van der Waals surface area contributed by atoms with Crippen molar-refractivity contribution >= 4 is 17.9 Å². The molecule has 0 spiro atoms. The molecule has 4 rings (SSSR count). The SMILES string of the molecule is CCOC(=O)c1c(C#N)ccn1C1OC(CC)C(OC(=O)c2ccccc2)C1OC(=O)c1ccccc1. The molecule has 1 aliphatic rings. The number of esters is 3. The number of nitriles is 1. The minimum atomic E-state index is -1.13. The minimum Gasteiger partial charge on any atom is -0.461 e. The number of carbonyl (C=O) groups is 3. The first kappa shape index (κ1) is 25.7. The van der Waals surface area contributed by atoms with Crippen molar-refractivity contribution in [3.8, 4) is 6.07 Å². The Kier molecular flexibility index (Phi) is 8.01. The van der Waals surface area contributed by atoms with Gasteiger partial charge < -0.3 is 23.5 Å². The van der Waals surface area contributed by atoms with Crippen molar-refractivity contribution in [1.29, 1.82) is 5.26 Å². The van der Waals surface area contributed by atoms with Crippen LogP contribution in [-0.4, -0.2) is 47.4 Å². The van der Waals surface area contributed by atoms with Gasteiger partial charge in [0.1, 0.15) is 17.9 Å². The first-order chi connectivity index (χ1) is 18.0. The van der Waals surface area contributed by atoms with Crippen LogP contribution in [0.5, 0.6) is 0 Å². The van der Waals surface area contributed by atoms with Gasteiger partial charge in [-0.15, -0.1) is 0 Å². The van der Waals surface area contributed by atoms with Crippen LogP contribution in [0, 0.1) is 11.3 Å². The zero-order valence-corrected chi connectivity index (χ0v) is 20.4. The maximum atomic E-state index is 13.1. The summed E-state index contributed by atoms with van der Waals surface area (Å²) in [5.41, 5.74) is 0.659. The van der Waals surface area contributed by atoms with E-state index in [0.29, 0.717) is 17.5 Å². The standard InChI is InChI=1S/C28H26N2O7/c1-3-21-23(36-26(31)18-11-7-5-8-12-18)24(37-27(32)19-13-9-6-10-14-19)25(35-21)30-16-15-20(17-29)22(30)28(33)34-4-2/h5-16,21,23-25H,3-4H2,1-2H3. The number of aromatic nitrogens is 1. The van der Waals surface area contributed by atoms with Crippen molar-refractivity contribution < 1.29 is 33.3 Å². The highest BCUT2D eigenvalue weighted by Gasteiger charge is 2.51. The molecule has 2 aromatic carbocycles. The molecular weight excluding hydrogens is 476 g/mol. The molecule has 9 nitrogen and oxygen atoms in total. The summed E-state index contributed by atoms with van der Waals surface area (Å²) in [6, 6.07) is 20.2. The summed E-state index contributed by atoms with van der Waals surface area (Å²) in [6.45, 7) is 3.59. The molecular formula is C28H26N2O7. The van der Waals surface area contributed by atoms with Crippen molar-refractivity contribution in [2.75, 3.05) is 6.61 Å². The van der Waals surface area contributed by atoms with Crippen LogP contribution in [0.15, 0.2) is 72.9 Å². The minimum absolute atomic E-state index is 0.0417. The highest BCUT2D eigenvalue weighted by atomic mass is 16.6. The Balaban J connectivity index is 1.74. The molecule has 4 atom stereocenters. The Morgan fingerprint density at radius 2 is 1.43 bits per heavy atom. The number of hydrogen-bond donors (Lipinski definition) is 0. The Labute approximate surface area is 214 Å². The second kappa shape index (κ2) is 11.5. The normalized spacial score (nSPS) is 20.6. The number of hydrogen-bond acceptors (Lipinski definition) is 8. The molecule has 0 N–H and O–H groups in total. The van der Waals surface area contributed by atoms with Gasteiger partial charge in [-0.3, -0.25) is 0 Å². The molecule has 37 heavy (non-hydrogen) atoms. The fourth-order valence-corrected chi connectivity index (χ4v) is 4.22. The summed E-state index contributed by atoms with van der Waals surface area (Å²) in [5, 5.41) is 9.58. The number of rotatable bonds is 8. The Hall–Kier alpha value is -4.42. The molecule has 3 aromatic rings. The topological polar surface area (TPSA) is 117 Å². The lowest BCUT2D eigenvalue weighted by Gasteiger charge is -2.25. The highest BCUT2D eigenvalue weighted by molar-refractivity contribution is 5.91. The van der Waals surface area contributed by atoms with Crippen LogP contribution in [0.3, 0.4) is 0 Å². The lowest BCUT2D eigenvalue weighted by atomic mass is 10.1. The second-order valence-electron chi connectivity index (χ2n) is 8.26. The van der Waals surface area contributed by atoms with E-state index in [-0.39, 0.29) is 17.9 Å². The summed E-state index contributed by atoms with van der Waals surface area (Å²) < 4.78 is 24.5. The van der Waals surface area contributed by atoms with Crippen LogP contribution in [0.4, 0.5) is 0 Å². The van der Waals surface area contributed by atoms with E-state index in [4.69, 9.17) is 18.9 Å². The van der Waals surface area contributed by atoms with Gasteiger partial charge in [0.2, 0.25) is 0 Å². The monoisotopic (exact) mass is 502 g/mol. The van der Waals surface area contributed by atoms with Crippen LogP contribution in [0.1, 0.15) is 63.3 Å². The zero-order valence-electron chi connectivity index (χ0n) is 20.4. The van der Waals surface area contributed by atoms with Crippen molar-refractivity contribution in [2.24, 2.45) is 0 Å². The molecule has 9 heteroatoms. The molecule has 1 aromatic heterocycles. The summed E-state index contributed by atoms with van der Waals surface area (Å²) in [7, 11) is 0. The van der Waals surface area contributed by atoms with Crippen LogP contribution < -0.4 is 0 Å². The molecule has 0 aliphatic carbocycles. The average Bonchev–Trinajstić information content (AvgIpc) is 3.51. The van der Waals surface area contributed by atoms with Gasteiger partial charge in [-0.05, 0) is 43.7 Å². The summed E-state index contributed by atoms with van der Waals surface area (Å²) in [5.74, 6) is -1.98. The lowest BCUT2D eigenvalue weighted by Crippen LogP contribution is -2.39. The van der Waals surface area contributed by atoms with Crippen molar-refractivity contribution in [1.82, 2.24) is 4.57 Å². The van der Waals surface area contributed by atoms with E-state index in [2.05, 4.69) is 0 Å². The molecule has 190 valence electrons. The maximum Gasteiger partial charge on any atom is 0.356 e. The van der Waals surface area contributed by atoms with Gasteiger partial charge in [-0.2, -0.15) is 5.26 Å². The van der Waals surface area contributed by atoms with Crippen LogP contribution >= 0.6 is 0 Å². The van der Waals surface area contributed by atoms with E-state index in [0.717, 1.165) is 0 Å². The third kappa shape index (κ3) is 5.39. The van der Waals surface area contributed by atoms with Crippen molar-refractivity contribution in [3.05, 3.63) is 95.3 Å². The number of carbonyl (C=O) groups excluding carboxylic acids is 3. The molecule has 0 amide bonds. The molecule has 1 saturated heterocycles. The molecule has 1 aliphatic heterocycles. The smallest absolute Gasteiger partial charge is 0.356 e. The maximum absolute atomic E-state index is 13.1. The number of nitrogens with zero attached hydrogens (tertiary/aromatic N) is 2. The van der Waals surface area contributed by atoms with Gasteiger partial charge in [-0.1, -0.05) is 43.3 Å². The van der Waals surface area contributed by atoms with Crippen LogP contribution in [0.25, 0.3) is 0 Å². The van der Waals surface area contributed by atoms with Gasteiger partial charge in [-0.25, -0.2) is 14.4 Å². The summed E-state index contributed by atoms with van der Waals surface area (Å²) >= 11 is 0. The number of ether oxygens (including phenoxy) is 4. The second-order valence-corrected chi connectivity index (χ2v) is 8.26. The van der Waals surface area contributed by atoms with Crippen LogP contribution in [0.2, 0.25) is 0 Å². The summed E-state index contributed by atoms with van der Waals surface area (Å²) in [4.78, 5) is 38.8. The van der Waals surface area contributed by atoms with Crippen LogP contribution in [-0.2, 0) is 18.9 Å². The van der Waals surface area contributed by atoms with E-state index in [1.165, 1.54) is 16.8 Å². The Morgan fingerprint density at radius 1 is 0.865 bits per heavy atom. The largest absolute Gasteiger partial charge is 0.461 e. The molecule has 0 saturated carbocycles. The third-order valence-corrected chi connectivity index (χ3v) is 5.97. The predicted octanol–water partition coefficient (Wildman–Crippen LogP) is 4.30. The fourth-order valence-electron chi connectivity index (χ4n) is 4.22. The van der Waals surface area contributed by atoms with Gasteiger partial charge in [0.15, 0.2) is 18.4 Å². The molecule has 2 heterocycles. The predicted molar refractivity (Wildman–Crippen MR) is 131 cm³/mol. The third-order valence-electron chi connectivity index (χ3n) is 5.97. The van der Waals surface area contributed by atoms with Gasteiger partial charge >= 0.3 is 17.9 Å².